The molecular formula is C58H68BIN2. The highest BCUT2D eigenvalue weighted by Gasteiger charge is 2.51. The summed E-state index contributed by atoms with van der Waals surface area (Å²) < 4.78 is 0.0321. The number of nitrogens with zero attached hydrogens (tertiary/aromatic N) is 2. The molecule has 0 unspecified atom stereocenters. The quantitative estimate of drug-likeness (QED) is 0.101. The Bertz CT molecular complexity index is 2760. The molecule has 5 aliphatic rings. The summed E-state index contributed by atoms with van der Waals surface area (Å²) >= 11 is 2.61. The van der Waals surface area contributed by atoms with Crippen LogP contribution >= 0.6 is 22.6 Å². The molecule has 0 spiro atoms. The minimum absolute atomic E-state index is 0.00558. The van der Waals surface area contributed by atoms with E-state index in [1.54, 1.807) is 16.7 Å². The van der Waals surface area contributed by atoms with Crippen molar-refractivity contribution in [3.05, 3.63) is 140 Å². The Kier molecular flexibility index (Phi) is 9.12. The Morgan fingerprint density at radius 1 is 0.581 bits per heavy atom. The molecule has 320 valence electrons. The molecule has 0 saturated heterocycles. The number of rotatable bonds is 3. The van der Waals surface area contributed by atoms with Gasteiger partial charge in [-0.2, -0.15) is 0 Å². The molecule has 0 amide bonds. The van der Waals surface area contributed by atoms with E-state index in [2.05, 4.69) is 215 Å². The van der Waals surface area contributed by atoms with E-state index < -0.39 is 0 Å². The fourth-order valence-corrected chi connectivity index (χ4v) is 12.6. The lowest BCUT2D eigenvalue weighted by Gasteiger charge is -2.50. The van der Waals surface area contributed by atoms with Gasteiger partial charge in [0.2, 0.25) is 0 Å². The molecule has 5 aromatic rings. The van der Waals surface area contributed by atoms with Crippen LogP contribution in [0.3, 0.4) is 0 Å². The van der Waals surface area contributed by atoms with Crippen LogP contribution in [0.4, 0.5) is 28.4 Å². The van der Waals surface area contributed by atoms with E-state index in [4.69, 9.17) is 0 Å². The van der Waals surface area contributed by atoms with E-state index in [1.807, 2.05) is 0 Å². The minimum Gasteiger partial charge on any atom is -0.315 e. The maximum absolute atomic E-state index is 2.75. The molecule has 62 heavy (non-hydrogen) atoms. The predicted molar refractivity (Wildman–Crippen MR) is 278 cm³/mol. The van der Waals surface area contributed by atoms with Crippen LogP contribution in [-0.4, -0.2) is 6.71 Å². The van der Waals surface area contributed by atoms with Gasteiger partial charge in [0.15, 0.2) is 0 Å². The van der Waals surface area contributed by atoms with Gasteiger partial charge >= 0.3 is 0 Å². The van der Waals surface area contributed by atoms with Gasteiger partial charge in [-0.15, -0.1) is 0 Å². The van der Waals surface area contributed by atoms with Crippen molar-refractivity contribution in [2.45, 2.75) is 166 Å². The van der Waals surface area contributed by atoms with Crippen LogP contribution in [0, 0.1) is 13.8 Å². The summed E-state index contributed by atoms with van der Waals surface area (Å²) in [5, 5.41) is 0. The van der Waals surface area contributed by atoms with E-state index in [9.17, 15) is 0 Å². The number of halogens is 1. The molecule has 2 nitrogen and oxygen atoms in total. The lowest BCUT2D eigenvalue weighted by molar-refractivity contribution is 0.331. The summed E-state index contributed by atoms with van der Waals surface area (Å²) in [6.45, 7) is 36.4. The topological polar surface area (TPSA) is 6.48 Å². The van der Waals surface area contributed by atoms with Crippen molar-refractivity contribution in [2.75, 3.05) is 9.80 Å². The van der Waals surface area contributed by atoms with Gasteiger partial charge in [-0.25, -0.2) is 0 Å². The van der Waals surface area contributed by atoms with Crippen molar-refractivity contribution in [2.24, 2.45) is 0 Å². The lowest BCUT2D eigenvalue weighted by Crippen LogP contribution is -2.56. The largest absolute Gasteiger partial charge is 0.315 e. The Labute approximate surface area is 388 Å². The third kappa shape index (κ3) is 6.21. The number of hydrogen-bond donors (Lipinski definition) is 0. The Balaban J connectivity index is 1.34. The molecule has 5 aromatic carbocycles. The van der Waals surface area contributed by atoms with E-state index in [1.165, 1.54) is 115 Å². The van der Waals surface area contributed by atoms with Crippen molar-refractivity contribution in [1.82, 2.24) is 0 Å². The molecule has 4 heteroatoms. The summed E-state index contributed by atoms with van der Waals surface area (Å²) in [6, 6.07) is 32.4. The van der Waals surface area contributed by atoms with Crippen molar-refractivity contribution >= 4 is 74.1 Å². The SMILES string of the molecule is Cc1cc2c3c(c1)N(c1ccc(C(C)(C)I)cc1C)c1c(ccc4c1C(C)(C)CCC4(C)C)B3C1=C(Cc3cc4c(cc31)C(C)(C)CCC4(C)C)N2c1ccc(C(C)(C)C)cc1. The molecule has 3 aliphatic carbocycles. The molecule has 2 heterocycles. The fourth-order valence-electron chi connectivity index (χ4n) is 12.3. The van der Waals surface area contributed by atoms with Crippen molar-refractivity contribution in [3.8, 4) is 0 Å². The van der Waals surface area contributed by atoms with E-state index in [0.717, 1.165) is 6.42 Å². The fraction of sp³-hybridized carbons (Fsp3) is 0.448. The van der Waals surface area contributed by atoms with Crippen molar-refractivity contribution < 1.29 is 0 Å². The van der Waals surface area contributed by atoms with Crippen molar-refractivity contribution in [1.29, 1.82) is 0 Å². The third-order valence-electron chi connectivity index (χ3n) is 16.3. The van der Waals surface area contributed by atoms with Crippen LogP contribution < -0.4 is 20.7 Å². The van der Waals surface area contributed by atoms with Gasteiger partial charge in [-0.3, -0.25) is 0 Å². The summed E-state index contributed by atoms with van der Waals surface area (Å²) in [5.41, 5.74) is 27.5. The number of allylic oxidation sites excluding steroid dienone is 1. The average molecular weight is 931 g/mol. The first-order valence-electron chi connectivity index (χ1n) is 23.5. The van der Waals surface area contributed by atoms with Crippen molar-refractivity contribution in [3.63, 3.8) is 0 Å². The van der Waals surface area contributed by atoms with Gasteiger partial charge in [0.25, 0.3) is 6.71 Å². The van der Waals surface area contributed by atoms with E-state index in [-0.39, 0.29) is 37.2 Å². The molecule has 0 bridgehead atoms. The number of hydrogen-bond acceptors (Lipinski definition) is 2. The maximum Gasteiger partial charge on any atom is 0.252 e. The highest BCUT2D eigenvalue weighted by atomic mass is 127. The molecule has 2 aliphatic heterocycles. The zero-order valence-electron chi connectivity index (χ0n) is 40.4. The number of fused-ring (bicyclic) bond motifs is 8. The van der Waals surface area contributed by atoms with E-state index in [0.29, 0.717) is 0 Å². The molecule has 0 saturated carbocycles. The zero-order chi connectivity index (χ0) is 44.4. The number of benzene rings is 5. The normalized spacial score (nSPS) is 20.0. The second-order valence-corrected chi connectivity index (χ2v) is 26.8. The van der Waals surface area contributed by atoms with Gasteiger partial charge in [0, 0.05) is 44.0 Å². The standard InChI is InChI=1S/C58H68BIN2/c1-34-28-46-51-47(29-34)62(45-23-18-38(30-35(45)2)58(14,15)60)52-44(22-21-41-49(52)57(12,13)27-26-54(41,6)7)59(51)50-40-33-43-42(55(8,9)24-25-56(43,10)11)31-36(40)32-48(50)61(46)39-19-16-37(17-20-39)53(3,4)5/h16-23,28-31,33H,24-27,32H2,1-15H3. The third-order valence-corrected chi connectivity index (χ3v) is 16.9. The zero-order valence-corrected chi connectivity index (χ0v) is 42.5. The first-order valence-corrected chi connectivity index (χ1v) is 24.6. The molecular weight excluding hydrogens is 862 g/mol. The highest BCUT2D eigenvalue weighted by Crippen LogP contribution is 2.57. The molecule has 10 rings (SSSR count). The van der Waals surface area contributed by atoms with Crippen LogP contribution in [0.15, 0.2) is 84.6 Å². The average Bonchev–Trinajstić information content (AvgIpc) is 3.55. The molecule has 0 radical (unpaired) electrons. The molecule has 0 aromatic heterocycles. The molecule has 0 N–H and O–H groups in total. The van der Waals surface area contributed by atoms with Crippen LogP contribution in [0.2, 0.25) is 0 Å². The number of alkyl halides is 1. The van der Waals surface area contributed by atoms with E-state index >= 15 is 0 Å². The minimum atomic E-state index is 0.00558. The summed E-state index contributed by atoms with van der Waals surface area (Å²) in [4.78, 5) is 5.45. The van der Waals surface area contributed by atoms with Crippen LogP contribution in [0.5, 0.6) is 0 Å². The second kappa shape index (κ2) is 13.4. The van der Waals surface area contributed by atoms with Gasteiger partial charge in [0.05, 0.1) is 0 Å². The van der Waals surface area contributed by atoms with Gasteiger partial charge in [-0.1, -0.05) is 147 Å². The molecule has 0 fully saturated rings. The maximum atomic E-state index is 2.75. The van der Waals surface area contributed by atoms with Gasteiger partial charge < -0.3 is 9.80 Å². The van der Waals surface area contributed by atoms with Gasteiger partial charge in [-0.05, 0) is 183 Å². The summed E-state index contributed by atoms with van der Waals surface area (Å²) in [7, 11) is 0. The lowest BCUT2D eigenvalue weighted by atomic mass is 9.32. The van der Waals surface area contributed by atoms with Crippen LogP contribution in [0.1, 0.15) is 171 Å². The number of aryl methyl sites for hydroxylation is 2. The number of anilines is 5. The molecule has 0 atom stereocenters. The second-order valence-electron chi connectivity index (χ2n) is 24.1. The predicted octanol–water partition coefficient (Wildman–Crippen LogP) is 15.0. The monoisotopic (exact) mass is 930 g/mol. The van der Waals surface area contributed by atoms with Crippen LogP contribution in [-0.2, 0) is 36.9 Å². The smallest absolute Gasteiger partial charge is 0.252 e. The summed E-state index contributed by atoms with van der Waals surface area (Å²) in [6.07, 6.45) is 5.72. The Hall–Kier alpha value is -3.77. The Morgan fingerprint density at radius 3 is 1.74 bits per heavy atom. The van der Waals surface area contributed by atoms with Gasteiger partial charge in [0.1, 0.15) is 0 Å². The van der Waals surface area contributed by atoms with Crippen LogP contribution in [0.25, 0.3) is 5.47 Å². The summed E-state index contributed by atoms with van der Waals surface area (Å²) in [5.74, 6) is 0. The highest BCUT2D eigenvalue weighted by molar-refractivity contribution is 14.1. The Morgan fingerprint density at radius 2 is 1.15 bits per heavy atom. The first kappa shape index (κ1) is 42.2. The first-order chi connectivity index (χ1) is 28.8.